The van der Waals surface area contributed by atoms with E-state index in [-0.39, 0.29) is 5.69 Å². The van der Waals surface area contributed by atoms with Crippen LogP contribution in [0.25, 0.3) is 0 Å². The third kappa shape index (κ3) is 2.90. The van der Waals surface area contributed by atoms with Gasteiger partial charge in [-0.25, -0.2) is 0 Å². The maximum absolute atomic E-state index is 10.8. The minimum atomic E-state index is -0.476. The maximum atomic E-state index is 10.8. The summed E-state index contributed by atoms with van der Waals surface area (Å²) in [5, 5.41) is 23.3. The summed E-state index contributed by atoms with van der Waals surface area (Å²) in [7, 11) is 0. The molecule has 1 aliphatic carbocycles. The Morgan fingerprint density at radius 2 is 2.00 bits per heavy atom. The van der Waals surface area contributed by atoms with Gasteiger partial charge in [0.2, 0.25) is 0 Å². The van der Waals surface area contributed by atoms with E-state index in [1.54, 1.807) is 6.07 Å². The van der Waals surface area contributed by atoms with E-state index in [0.29, 0.717) is 29.1 Å². The lowest BCUT2D eigenvalue weighted by Crippen LogP contribution is -2.37. The molecular formula is C15H19N3O2. The van der Waals surface area contributed by atoms with Crippen LogP contribution < -0.4 is 5.32 Å². The topological polar surface area (TPSA) is 79.0 Å². The van der Waals surface area contributed by atoms with Crippen molar-refractivity contribution in [2.24, 2.45) is 11.8 Å². The molecule has 0 aromatic heterocycles. The molecule has 0 bridgehead atoms. The highest BCUT2D eigenvalue weighted by atomic mass is 16.6. The summed E-state index contributed by atoms with van der Waals surface area (Å²) >= 11 is 0. The smallest absolute Gasteiger partial charge is 0.270 e. The fourth-order valence-corrected chi connectivity index (χ4v) is 3.01. The molecule has 1 saturated carbocycles. The SMILES string of the molecule is CC1CCCC(C)C1Nc1ccc([N+](=O)[O-])cc1C#N. The molecule has 1 aromatic rings. The molecule has 0 radical (unpaired) electrons. The first-order valence-electron chi connectivity index (χ1n) is 6.98. The van der Waals surface area contributed by atoms with Gasteiger partial charge >= 0.3 is 0 Å². The molecule has 1 fully saturated rings. The zero-order valence-electron chi connectivity index (χ0n) is 11.8. The van der Waals surface area contributed by atoms with Gasteiger partial charge in [-0.2, -0.15) is 5.26 Å². The number of hydrogen-bond donors (Lipinski definition) is 1. The lowest BCUT2D eigenvalue weighted by Gasteiger charge is -2.36. The van der Waals surface area contributed by atoms with Crippen LogP contribution in [0.1, 0.15) is 38.7 Å². The van der Waals surface area contributed by atoms with Crippen LogP contribution in [0.15, 0.2) is 18.2 Å². The molecule has 2 unspecified atom stereocenters. The van der Waals surface area contributed by atoms with Gasteiger partial charge in [-0.1, -0.05) is 20.3 Å². The van der Waals surface area contributed by atoms with Gasteiger partial charge < -0.3 is 5.32 Å². The molecule has 1 N–H and O–H groups in total. The van der Waals surface area contributed by atoms with E-state index < -0.39 is 4.92 Å². The third-order valence-corrected chi connectivity index (χ3v) is 4.20. The number of nitrogens with zero attached hydrogens (tertiary/aromatic N) is 2. The molecule has 5 nitrogen and oxygen atoms in total. The number of hydrogen-bond acceptors (Lipinski definition) is 4. The van der Waals surface area contributed by atoms with Crippen molar-refractivity contribution in [1.29, 1.82) is 5.26 Å². The number of nitro benzene ring substituents is 1. The molecule has 0 amide bonds. The standard InChI is InChI=1S/C15H19N3O2/c1-10-4-3-5-11(2)15(10)17-14-7-6-13(18(19)20)8-12(14)9-16/h6-8,10-11,15,17H,3-5H2,1-2H3. The Kier molecular flexibility index (Phi) is 4.23. The molecule has 0 saturated heterocycles. The van der Waals surface area contributed by atoms with E-state index in [4.69, 9.17) is 0 Å². The van der Waals surface area contributed by atoms with Crippen LogP contribution in [0.2, 0.25) is 0 Å². The fourth-order valence-electron chi connectivity index (χ4n) is 3.01. The summed E-state index contributed by atoms with van der Waals surface area (Å²) in [5.41, 5.74) is 0.990. The van der Waals surface area contributed by atoms with Gasteiger partial charge in [0.25, 0.3) is 5.69 Å². The van der Waals surface area contributed by atoms with Crippen LogP contribution >= 0.6 is 0 Å². The second-order valence-corrected chi connectivity index (χ2v) is 5.65. The van der Waals surface area contributed by atoms with Crippen LogP contribution in [0, 0.1) is 33.3 Å². The number of benzene rings is 1. The number of non-ortho nitro benzene ring substituents is 1. The predicted molar refractivity (Wildman–Crippen MR) is 77.4 cm³/mol. The highest BCUT2D eigenvalue weighted by Gasteiger charge is 2.28. The Balaban J connectivity index is 2.24. The molecule has 0 aliphatic heterocycles. The van der Waals surface area contributed by atoms with E-state index in [1.807, 2.05) is 6.07 Å². The van der Waals surface area contributed by atoms with Crippen LogP contribution in [0.3, 0.4) is 0 Å². The first kappa shape index (κ1) is 14.3. The molecular weight excluding hydrogens is 254 g/mol. The molecule has 1 aromatic carbocycles. The molecule has 0 heterocycles. The normalized spacial score (nSPS) is 25.8. The Hall–Kier alpha value is -2.09. The number of anilines is 1. The average molecular weight is 273 g/mol. The van der Waals surface area contributed by atoms with Crippen molar-refractivity contribution in [1.82, 2.24) is 0 Å². The largest absolute Gasteiger partial charge is 0.381 e. The van der Waals surface area contributed by atoms with Gasteiger partial charge in [-0.15, -0.1) is 0 Å². The van der Waals surface area contributed by atoms with Crippen LogP contribution in [0.5, 0.6) is 0 Å². The summed E-state index contributed by atoms with van der Waals surface area (Å²) in [6, 6.07) is 6.78. The van der Waals surface area contributed by atoms with E-state index in [1.165, 1.54) is 31.4 Å². The molecule has 0 spiro atoms. The van der Waals surface area contributed by atoms with Crippen molar-refractivity contribution in [2.45, 2.75) is 39.2 Å². The van der Waals surface area contributed by atoms with Crippen LogP contribution in [0.4, 0.5) is 11.4 Å². The molecule has 106 valence electrons. The minimum absolute atomic E-state index is 0.0446. The Labute approximate surface area is 118 Å². The zero-order chi connectivity index (χ0) is 14.7. The lowest BCUT2D eigenvalue weighted by atomic mass is 9.78. The van der Waals surface area contributed by atoms with Crippen molar-refractivity contribution >= 4 is 11.4 Å². The summed E-state index contributed by atoms with van der Waals surface area (Å²) in [6.07, 6.45) is 3.60. The summed E-state index contributed by atoms with van der Waals surface area (Å²) in [5.74, 6) is 1.08. The fraction of sp³-hybridized carbons (Fsp3) is 0.533. The first-order valence-corrected chi connectivity index (χ1v) is 6.98. The van der Waals surface area contributed by atoms with Gasteiger partial charge in [-0.05, 0) is 30.7 Å². The molecule has 2 atom stereocenters. The van der Waals surface area contributed by atoms with E-state index in [9.17, 15) is 15.4 Å². The minimum Gasteiger partial charge on any atom is -0.381 e. The van der Waals surface area contributed by atoms with Gasteiger partial charge in [-0.3, -0.25) is 10.1 Å². The second kappa shape index (κ2) is 5.91. The monoisotopic (exact) mass is 273 g/mol. The molecule has 2 rings (SSSR count). The van der Waals surface area contributed by atoms with Crippen LogP contribution in [-0.2, 0) is 0 Å². The third-order valence-electron chi connectivity index (χ3n) is 4.20. The predicted octanol–water partition coefficient (Wildman–Crippen LogP) is 3.70. The highest BCUT2D eigenvalue weighted by Crippen LogP contribution is 2.32. The molecule has 1 aliphatic rings. The highest BCUT2D eigenvalue weighted by molar-refractivity contribution is 5.61. The lowest BCUT2D eigenvalue weighted by molar-refractivity contribution is -0.384. The average Bonchev–Trinajstić information content (AvgIpc) is 2.43. The van der Waals surface area contributed by atoms with Gasteiger partial charge in [0.1, 0.15) is 6.07 Å². The van der Waals surface area contributed by atoms with Crippen molar-refractivity contribution < 1.29 is 4.92 Å². The number of nitrogens with one attached hydrogen (secondary N) is 1. The van der Waals surface area contributed by atoms with Gasteiger partial charge in [0, 0.05) is 18.2 Å². The van der Waals surface area contributed by atoms with Gasteiger partial charge in [0.15, 0.2) is 0 Å². The summed E-state index contributed by atoms with van der Waals surface area (Å²) in [6.45, 7) is 4.43. The zero-order valence-corrected chi connectivity index (χ0v) is 11.8. The summed E-state index contributed by atoms with van der Waals surface area (Å²) < 4.78 is 0. The Bertz CT molecular complexity index is 541. The van der Waals surface area contributed by atoms with E-state index in [2.05, 4.69) is 19.2 Å². The quantitative estimate of drug-likeness (QED) is 0.672. The molecule has 20 heavy (non-hydrogen) atoms. The number of nitriles is 1. The second-order valence-electron chi connectivity index (χ2n) is 5.65. The van der Waals surface area contributed by atoms with E-state index >= 15 is 0 Å². The van der Waals surface area contributed by atoms with Crippen molar-refractivity contribution in [3.05, 3.63) is 33.9 Å². The summed E-state index contributed by atoms with van der Waals surface area (Å²) in [4.78, 5) is 10.3. The first-order chi connectivity index (χ1) is 9.52. The molecule has 5 heteroatoms. The maximum Gasteiger partial charge on any atom is 0.270 e. The van der Waals surface area contributed by atoms with Crippen molar-refractivity contribution in [3.63, 3.8) is 0 Å². The number of rotatable bonds is 3. The van der Waals surface area contributed by atoms with Crippen LogP contribution in [-0.4, -0.2) is 11.0 Å². The van der Waals surface area contributed by atoms with Crippen molar-refractivity contribution in [3.8, 4) is 6.07 Å². The number of nitro groups is 1. The Morgan fingerprint density at radius 3 is 2.55 bits per heavy atom. The van der Waals surface area contributed by atoms with Crippen molar-refractivity contribution in [2.75, 3.05) is 5.32 Å². The van der Waals surface area contributed by atoms with E-state index in [0.717, 1.165) is 0 Å². The Morgan fingerprint density at radius 1 is 1.35 bits per heavy atom. The van der Waals surface area contributed by atoms with Gasteiger partial charge in [0.05, 0.1) is 16.2 Å².